The molecule has 0 aliphatic heterocycles. The van der Waals surface area contributed by atoms with Gasteiger partial charge in [-0.15, -0.1) is 11.8 Å². The Labute approximate surface area is 80.3 Å². The standard InChI is InChI=1S/C9H11F2NS/c10-2-1-3-13-9-5-7(11)4-8(12)6-9/h4-6H,1-3,12H2. The third-order valence-electron chi connectivity index (χ3n) is 1.44. The summed E-state index contributed by atoms with van der Waals surface area (Å²) < 4.78 is 24.5. The molecular formula is C9H11F2NS. The summed E-state index contributed by atoms with van der Waals surface area (Å²) in [5.74, 6) is 0.307. The molecule has 2 N–H and O–H groups in total. The lowest BCUT2D eigenvalue weighted by molar-refractivity contribution is 0.489. The topological polar surface area (TPSA) is 26.0 Å². The van der Waals surface area contributed by atoms with E-state index in [1.165, 1.54) is 23.9 Å². The monoisotopic (exact) mass is 203 g/mol. The summed E-state index contributed by atoms with van der Waals surface area (Å²) in [4.78, 5) is 0.756. The number of nitrogens with two attached hydrogens (primary N) is 1. The van der Waals surface area contributed by atoms with Crippen molar-refractivity contribution in [2.75, 3.05) is 18.2 Å². The molecule has 0 unspecified atom stereocenters. The van der Waals surface area contributed by atoms with Crippen LogP contribution < -0.4 is 5.73 Å². The van der Waals surface area contributed by atoms with Crippen molar-refractivity contribution in [3.8, 4) is 0 Å². The molecule has 0 heterocycles. The molecule has 0 fully saturated rings. The second-order valence-electron chi connectivity index (χ2n) is 2.61. The van der Waals surface area contributed by atoms with Crippen molar-refractivity contribution >= 4 is 17.4 Å². The van der Waals surface area contributed by atoms with Crippen LogP contribution in [0.1, 0.15) is 6.42 Å². The van der Waals surface area contributed by atoms with Crippen molar-refractivity contribution in [2.24, 2.45) is 0 Å². The van der Waals surface area contributed by atoms with Crippen molar-refractivity contribution in [3.05, 3.63) is 24.0 Å². The second-order valence-corrected chi connectivity index (χ2v) is 3.78. The van der Waals surface area contributed by atoms with E-state index in [2.05, 4.69) is 0 Å². The molecule has 72 valence electrons. The van der Waals surface area contributed by atoms with Crippen LogP contribution >= 0.6 is 11.8 Å². The SMILES string of the molecule is Nc1cc(F)cc(SCCCF)c1. The quantitative estimate of drug-likeness (QED) is 0.462. The van der Waals surface area contributed by atoms with Crippen LogP contribution in [0.15, 0.2) is 23.1 Å². The third-order valence-corrected chi connectivity index (χ3v) is 2.50. The average Bonchev–Trinajstić information content (AvgIpc) is 2.03. The number of halogens is 2. The Morgan fingerprint density at radius 3 is 2.69 bits per heavy atom. The minimum atomic E-state index is -0.345. The van der Waals surface area contributed by atoms with Gasteiger partial charge in [0.25, 0.3) is 0 Å². The summed E-state index contributed by atoms with van der Waals surface area (Å²) in [6.45, 7) is -0.336. The van der Waals surface area contributed by atoms with Gasteiger partial charge in [0.05, 0.1) is 6.67 Å². The molecule has 0 spiro atoms. The fourth-order valence-electron chi connectivity index (χ4n) is 0.912. The highest BCUT2D eigenvalue weighted by Crippen LogP contribution is 2.22. The molecule has 0 atom stereocenters. The van der Waals surface area contributed by atoms with Crippen molar-refractivity contribution in [2.45, 2.75) is 11.3 Å². The number of hydrogen-bond donors (Lipinski definition) is 1. The Morgan fingerprint density at radius 1 is 1.31 bits per heavy atom. The van der Waals surface area contributed by atoms with Gasteiger partial charge in [-0.05, 0) is 24.6 Å². The average molecular weight is 203 g/mol. The minimum Gasteiger partial charge on any atom is -0.399 e. The smallest absolute Gasteiger partial charge is 0.126 e. The van der Waals surface area contributed by atoms with E-state index in [-0.39, 0.29) is 12.5 Å². The highest BCUT2D eigenvalue weighted by atomic mass is 32.2. The van der Waals surface area contributed by atoms with Crippen LogP contribution in [0.2, 0.25) is 0 Å². The number of thioether (sulfide) groups is 1. The van der Waals surface area contributed by atoms with Crippen molar-refractivity contribution in [1.82, 2.24) is 0 Å². The van der Waals surface area contributed by atoms with E-state index >= 15 is 0 Å². The molecule has 0 saturated carbocycles. The summed E-state index contributed by atoms with van der Waals surface area (Å²) >= 11 is 1.41. The van der Waals surface area contributed by atoms with Crippen LogP contribution in [0.4, 0.5) is 14.5 Å². The highest BCUT2D eigenvalue weighted by Gasteiger charge is 1.98. The maximum Gasteiger partial charge on any atom is 0.126 e. The predicted molar refractivity (Wildman–Crippen MR) is 52.1 cm³/mol. The molecule has 0 aliphatic carbocycles. The number of hydrogen-bond acceptors (Lipinski definition) is 2. The van der Waals surface area contributed by atoms with Crippen LogP contribution in [0.5, 0.6) is 0 Å². The number of alkyl halides is 1. The van der Waals surface area contributed by atoms with Crippen molar-refractivity contribution in [1.29, 1.82) is 0 Å². The molecule has 4 heteroatoms. The Hall–Kier alpha value is -0.770. The van der Waals surface area contributed by atoms with Gasteiger partial charge < -0.3 is 5.73 Å². The van der Waals surface area contributed by atoms with Gasteiger partial charge in [-0.25, -0.2) is 4.39 Å². The molecular weight excluding hydrogens is 192 g/mol. The summed E-state index contributed by atoms with van der Waals surface area (Å²) in [6, 6.07) is 4.35. The van der Waals surface area contributed by atoms with Crippen LogP contribution in [-0.4, -0.2) is 12.4 Å². The van der Waals surface area contributed by atoms with Gasteiger partial charge in [-0.2, -0.15) is 0 Å². The maximum atomic E-state index is 12.8. The first-order chi connectivity index (χ1) is 6.22. The van der Waals surface area contributed by atoms with E-state index in [1.807, 2.05) is 0 Å². The van der Waals surface area contributed by atoms with Gasteiger partial charge in [0, 0.05) is 16.3 Å². The molecule has 0 amide bonds. The first-order valence-corrected chi connectivity index (χ1v) is 4.96. The van der Waals surface area contributed by atoms with E-state index in [0.29, 0.717) is 17.9 Å². The van der Waals surface area contributed by atoms with Crippen LogP contribution in [0.3, 0.4) is 0 Å². The third kappa shape index (κ3) is 3.63. The zero-order valence-corrected chi connectivity index (χ0v) is 7.91. The van der Waals surface area contributed by atoms with Crippen LogP contribution in [0, 0.1) is 5.82 Å². The number of rotatable bonds is 4. The van der Waals surface area contributed by atoms with Gasteiger partial charge >= 0.3 is 0 Å². The molecule has 0 aliphatic rings. The molecule has 1 nitrogen and oxygen atoms in total. The lowest BCUT2D eigenvalue weighted by atomic mass is 10.3. The number of benzene rings is 1. The predicted octanol–water partition coefficient (Wildman–Crippen LogP) is 2.86. The van der Waals surface area contributed by atoms with Gasteiger partial charge in [-0.3, -0.25) is 4.39 Å². The number of nitrogen functional groups attached to an aromatic ring is 1. The number of anilines is 1. The molecule has 0 aromatic heterocycles. The molecule has 1 aromatic carbocycles. The Morgan fingerprint density at radius 2 is 2.08 bits per heavy atom. The van der Waals surface area contributed by atoms with Crippen LogP contribution in [-0.2, 0) is 0 Å². The van der Waals surface area contributed by atoms with Crippen molar-refractivity contribution < 1.29 is 8.78 Å². The van der Waals surface area contributed by atoms with Gasteiger partial charge in [0.1, 0.15) is 5.82 Å². The summed E-state index contributed by atoms with van der Waals surface area (Å²) in [6.07, 6.45) is 0.487. The molecule has 1 aromatic rings. The van der Waals surface area contributed by atoms with Crippen LogP contribution in [0.25, 0.3) is 0 Å². The highest BCUT2D eigenvalue weighted by molar-refractivity contribution is 7.99. The van der Waals surface area contributed by atoms with Crippen molar-refractivity contribution in [3.63, 3.8) is 0 Å². The molecule has 0 radical (unpaired) electrons. The Bertz CT molecular complexity index is 258. The van der Waals surface area contributed by atoms with E-state index in [4.69, 9.17) is 5.73 Å². The van der Waals surface area contributed by atoms with E-state index in [0.717, 1.165) is 4.90 Å². The van der Waals surface area contributed by atoms with Gasteiger partial charge in [0.15, 0.2) is 0 Å². The Balaban J connectivity index is 2.56. The first-order valence-electron chi connectivity index (χ1n) is 3.97. The summed E-state index contributed by atoms with van der Waals surface area (Å²) in [7, 11) is 0. The Kier molecular flexibility index (Phi) is 4.02. The molecule has 1 rings (SSSR count). The summed E-state index contributed by atoms with van der Waals surface area (Å²) in [5.41, 5.74) is 5.84. The largest absolute Gasteiger partial charge is 0.399 e. The normalized spacial score (nSPS) is 10.3. The zero-order chi connectivity index (χ0) is 9.68. The fourth-order valence-corrected chi connectivity index (χ4v) is 1.82. The minimum absolute atomic E-state index is 0.336. The summed E-state index contributed by atoms with van der Waals surface area (Å²) in [5, 5.41) is 0. The lowest BCUT2D eigenvalue weighted by Gasteiger charge is -2.01. The fraction of sp³-hybridized carbons (Fsp3) is 0.333. The van der Waals surface area contributed by atoms with Gasteiger partial charge in [0.2, 0.25) is 0 Å². The van der Waals surface area contributed by atoms with E-state index in [9.17, 15) is 8.78 Å². The van der Waals surface area contributed by atoms with E-state index in [1.54, 1.807) is 6.07 Å². The zero-order valence-electron chi connectivity index (χ0n) is 7.09. The second kappa shape index (κ2) is 5.07. The molecule has 13 heavy (non-hydrogen) atoms. The first kappa shape index (κ1) is 10.3. The van der Waals surface area contributed by atoms with E-state index < -0.39 is 0 Å². The lowest BCUT2D eigenvalue weighted by Crippen LogP contribution is -1.88. The maximum absolute atomic E-state index is 12.8. The molecule has 0 saturated heterocycles. The molecule has 0 bridgehead atoms. The van der Waals surface area contributed by atoms with Gasteiger partial charge in [-0.1, -0.05) is 0 Å².